The molecule has 0 saturated carbocycles. The van der Waals surface area contributed by atoms with Crippen LogP contribution in [0.3, 0.4) is 0 Å². The van der Waals surface area contributed by atoms with Gasteiger partial charge in [-0.25, -0.2) is 0 Å². The van der Waals surface area contributed by atoms with E-state index in [1.807, 2.05) is 0 Å². The molecule has 0 saturated heterocycles. The summed E-state index contributed by atoms with van der Waals surface area (Å²) in [6.45, 7) is 15.7. The van der Waals surface area contributed by atoms with Crippen molar-refractivity contribution in [2.45, 2.75) is 72.1 Å². The number of benzene rings is 3. The molecular weight excluding hydrogens is 316 g/mol. The first-order valence-electron chi connectivity index (χ1n) is 9.82. The maximum atomic E-state index is 11.0. The van der Waals surface area contributed by atoms with Crippen LogP contribution in [-0.2, 0) is 10.8 Å². The van der Waals surface area contributed by atoms with Gasteiger partial charge in [-0.2, -0.15) is 0 Å². The Morgan fingerprint density at radius 3 is 1.65 bits per heavy atom. The first kappa shape index (κ1) is 18.8. The molecule has 0 amide bonds. The molecule has 1 heteroatoms. The molecule has 3 rings (SSSR count). The lowest BCUT2D eigenvalue weighted by atomic mass is 9.79. The van der Waals surface area contributed by atoms with Crippen LogP contribution in [0.25, 0.3) is 21.5 Å². The Hall–Kier alpha value is -2.02. The summed E-state index contributed by atoms with van der Waals surface area (Å²) in [6, 6.07) is 13.2. The highest BCUT2D eigenvalue weighted by atomic mass is 16.3. The maximum Gasteiger partial charge on any atom is 0.131 e. The largest absolute Gasteiger partial charge is 0.507 e. The highest BCUT2D eigenvalue weighted by molar-refractivity contribution is 6.08. The number of aryl methyl sites for hydroxylation is 1. The molecule has 0 aromatic heterocycles. The van der Waals surface area contributed by atoms with Gasteiger partial charge in [-0.3, -0.25) is 0 Å². The lowest BCUT2D eigenvalue weighted by molar-refractivity contribution is 0.486. The summed E-state index contributed by atoms with van der Waals surface area (Å²) in [4.78, 5) is 0. The minimum absolute atomic E-state index is 0.110. The molecule has 138 valence electrons. The predicted molar refractivity (Wildman–Crippen MR) is 114 cm³/mol. The third kappa shape index (κ3) is 2.88. The number of phenolic OH excluding ortho intramolecular Hbond substituents is 1. The molecule has 0 bridgehead atoms. The van der Waals surface area contributed by atoms with Crippen LogP contribution in [-0.4, -0.2) is 5.11 Å². The number of aromatic hydroxyl groups is 1. The molecule has 1 N–H and O–H groups in total. The fourth-order valence-corrected chi connectivity index (χ4v) is 3.67. The molecule has 1 nitrogen and oxygen atoms in total. The molecule has 0 radical (unpaired) electrons. The Balaban J connectivity index is 2.33. The van der Waals surface area contributed by atoms with Crippen molar-refractivity contribution in [2.75, 3.05) is 0 Å². The normalized spacial score (nSPS) is 12.9. The minimum Gasteiger partial charge on any atom is -0.507 e. The van der Waals surface area contributed by atoms with Gasteiger partial charge in [0.15, 0.2) is 0 Å². The Bertz CT molecular complexity index is 895. The van der Waals surface area contributed by atoms with E-state index in [1.165, 1.54) is 16.7 Å². The molecule has 0 atom stereocenters. The van der Waals surface area contributed by atoms with Gasteiger partial charge in [-0.1, -0.05) is 71.9 Å². The standard InChI is InChI=1S/C25H32O/c1-8-24(4,5)17-11-13-20-21(14-17)16(3)19-12-10-18(25(6,7)9-2)15-22(19)23(20)26/h10-15,26H,8-9H2,1-7H3. The third-order valence-electron chi connectivity index (χ3n) is 6.69. The summed E-state index contributed by atoms with van der Waals surface area (Å²) in [6.07, 6.45) is 2.16. The van der Waals surface area contributed by atoms with Gasteiger partial charge < -0.3 is 5.11 Å². The topological polar surface area (TPSA) is 20.2 Å². The predicted octanol–water partition coefficient (Wildman–Crippen LogP) is 7.38. The smallest absolute Gasteiger partial charge is 0.131 e. The first-order valence-corrected chi connectivity index (χ1v) is 9.82. The highest BCUT2D eigenvalue weighted by Gasteiger charge is 2.22. The van der Waals surface area contributed by atoms with Crippen molar-refractivity contribution in [1.82, 2.24) is 0 Å². The monoisotopic (exact) mass is 348 g/mol. The second kappa shape index (κ2) is 6.30. The number of hydrogen-bond donors (Lipinski definition) is 1. The van der Waals surface area contributed by atoms with Crippen molar-refractivity contribution in [3.05, 3.63) is 53.1 Å². The van der Waals surface area contributed by atoms with Crippen molar-refractivity contribution < 1.29 is 5.11 Å². The summed E-state index contributed by atoms with van der Waals surface area (Å²) in [5, 5.41) is 15.3. The van der Waals surface area contributed by atoms with Crippen LogP contribution in [0.2, 0.25) is 0 Å². The molecule has 0 fully saturated rings. The van der Waals surface area contributed by atoms with Gasteiger partial charge in [0.2, 0.25) is 0 Å². The van der Waals surface area contributed by atoms with Gasteiger partial charge in [0.25, 0.3) is 0 Å². The van der Waals surface area contributed by atoms with Crippen LogP contribution in [0.15, 0.2) is 36.4 Å². The molecule has 3 aromatic carbocycles. The SMILES string of the molecule is CCC(C)(C)c1ccc2c(O)c3cc(C(C)(C)CC)ccc3c(C)c2c1. The van der Waals surface area contributed by atoms with E-state index in [-0.39, 0.29) is 10.8 Å². The average molecular weight is 349 g/mol. The van der Waals surface area contributed by atoms with E-state index in [0.717, 1.165) is 34.4 Å². The van der Waals surface area contributed by atoms with E-state index in [1.54, 1.807) is 0 Å². The molecule has 0 heterocycles. The fourth-order valence-electron chi connectivity index (χ4n) is 3.67. The molecule has 3 aromatic rings. The van der Waals surface area contributed by atoms with Crippen molar-refractivity contribution in [2.24, 2.45) is 0 Å². The molecule has 0 aliphatic carbocycles. The summed E-state index contributed by atoms with van der Waals surface area (Å²) in [7, 11) is 0. The molecule has 0 aliphatic rings. The molecule has 26 heavy (non-hydrogen) atoms. The second-order valence-corrected chi connectivity index (χ2v) is 8.97. The van der Waals surface area contributed by atoms with Crippen LogP contribution >= 0.6 is 0 Å². The Kier molecular flexibility index (Phi) is 4.55. The first-order chi connectivity index (χ1) is 12.1. The maximum absolute atomic E-state index is 11.0. The van der Waals surface area contributed by atoms with E-state index in [9.17, 15) is 5.11 Å². The van der Waals surface area contributed by atoms with E-state index in [0.29, 0.717) is 5.75 Å². The zero-order chi connectivity index (χ0) is 19.3. The second-order valence-electron chi connectivity index (χ2n) is 8.97. The minimum atomic E-state index is 0.110. The lowest BCUT2D eigenvalue weighted by Crippen LogP contribution is -2.15. The fraction of sp³-hybridized carbons (Fsp3) is 0.440. The van der Waals surface area contributed by atoms with Gasteiger partial charge >= 0.3 is 0 Å². The average Bonchev–Trinajstić information content (AvgIpc) is 2.65. The Morgan fingerprint density at radius 1 is 0.692 bits per heavy atom. The summed E-state index contributed by atoms with van der Waals surface area (Å²) >= 11 is 0. The van der Waals surface area contributed by atoms with Gasteiger partial charge in [0, 0.05) is 10.8 Å². The Labute approximate surface area is 158 Å². The number of fused-ring (bicyclic) bond motifs is 2. The summed E-state index contributed by atoms with van der Waals surface area (Å²) in [5.41, 5.74) is 4.12. The van der Waals surface area contributed by atoms with Crippen LogP contribution in [0.5, 0.6) is 5.75 Å². The van der Waals surface area contributed by atoms with E-state index >= 15 is 0 Å². The van der Waals surface area contributed by atoms with Crippen LogP contribution in [0.4, 0.5) is 0 Å². The molecule has 0 spiro atoms. The lowest BCUT2D eigenvalue weighted by Gasteiger charge is -2.25. The van der Waals surface area contributed by atoms with Crippen LogP contribution in [0.1, 0.15) is 71.1 Å². The number of rotatable bonds is 4. The summed E-state index contributed by atoms with van der Waals surface area (Å²) < 4.78 is 0. The molecule has 0 aliphatic heterocycles. The third-order valence-corrected chi connectivity index (χ3v) is 6.69. The van der Waals surface area contributed by atoms with Crippen LogP contribution in [0, 0.1) is 6.92 Å². The van der Waals surface area contributed by atoms with E-state index in [2.05, 4.69) is 84.9 Å². The van der Waals surface area contributed by atoms with Crippen molar-refractivity contribution in [3.63, 3.8) is 0 Å². The van der Waals surface area contributed by atoms with Crippen molar-refractivity contribution >= 4 is 21.5 Å². The van der Waals surface area contributed by atoms with Crippen LogP contribution < -0.4 is 0 Å². The van der Waals surface area contributed by atoms with E-state index in [4.69, 9.17) is 0 Å². The Morgan fingerprint density at radius 2 is 1.15 bits per heavy atom. The highest BCUT2D eigenvalue weighted by Crippen LogP contribution is 2.41. The number of phenols is 1. The summed E-state index contributed by atoms with van der Waals surface area (Å²) in [5.74, 6) is 0.412. The zero-order valence-electron chi connectivity index (χ0n) is 17.3. The van der Waals surface area contributed by atoms with Gasteiger partial charge in [-0.15, -0.1) is 0 Å². The quantitative estimate of drug-likeness (QED) is 0.487. The van der Waals surface area contributed by atoms with E-state index < -0.39 is 0 Å². The number of hydrogen-bond acceptors (Lipinski definition) is 1. The zero-order valence-corrected chi connectivity index (χ0v) is 17.3. The molecular formula is C25H32O. The van der Waals surface area contributed by atoms with Crippen molar-refractivity contribution in [3.8, 4) is 5.75 Å². The molecule has 0 unspecified atom stereocenters. The van der Waals surface area contributed by atoms with Gasteiger partial charge in [-0.05, 0) is 64.1 Å². The van der Waals surface area contributed by atoms with Gasteiger partial charge in [0.05, 0.1) is 0 Å². The van der Waals surface area contributed by atoms with Crippen molar-refractivity contribution in [1.29, 1.82) is 0 Å². The van der Waals surface area contributed by atoms with Gasteiger partial charge in [0.1, 0.15) is 5.75 Å².